The SMILES string of the molecule is NC(=O)[SH]1N=Cc2ccccc21. The minimum absolute atomic E-state index is 0.328. The van der Waals surface area contributed by atoms with Gasteiger partial charge in [0, 0.05) is 16.7 Å². The fraction of sp³-hybridized carbons (Fsp3) is 0. The number of thiol groups is 1. The third-order valence-corrected chi connectivity index (χ3v) is 3.31. The van der Waals surface area contributed by atoms with Gasteiger partial charge in [-0.3, -0.25) is 4.79 Å². The average molecular weight is 180 g/mol. The smallest absolute Gasteiger partial charge is 0.279 e. The fourth-order valence-electron chi connectivity index (χ4n) is 1.15. The summed E-state index contributed by atoms with van der Waals surface area (Å²) in [6.07, 6.45) is 1.71. The molecule has 0 fully saturated rings. The van der Waals surface area contributed by atoms with Gasteiger partial charge in [0.2, 0.25) is 0 Å². The van der Waals surface area contributed by atoms with Crippen LogP contribution in [0.25, 0.3) is 0 Å². The van der Waals surface area contributed by atoms with Crippen LogP contribution in [0.4, 0.5) is 4.79 Å². The van der Waals surface area contributed by atoms with Gasteiger partial charge < -0.3 is 5.73 Å². The van der Waals surface area contributed by atoms with E-state index in [1.54, 1.807) is 6.21 Å². The standard InChI is InChI=1S/C8H8N2OS/c9-8(11)12-7-4-2-1-3-6(7)5-10-12/h1-5,12H,(H2,9,11). The minimum Gasteiger partial charge on any atom is -0.360 e. The maximum Gasteiger partial charge on any atom is 0.279 e. The van der Waals surface area contributed by atoms with E-state index in [0.717, 1.165) is 10.5 Å². The topological polar surface area (TPSA) is 55.5 Å². The first-order chi connectivity index (χ1) is 5.79. The van der Waals surface area contributed by atoms with Gasteiger partial charge in [-0.1, -0.05) is 18.2 Å². The molecule has 2 N–H and O–H groups in total. The Balaban J connectivity index is 2.49. The summed E-state index contributed by atoms with van der Waals surface area (Å²) in [6, 6.07) is 7.65. The van der Waals surface area contributed by atoms with E-state index in [1.165, 1.54) is 0 Å². The second-order valence-corrected chi connectivity index (χ2v) is 4.23. The fourth-order valence-corrected chi connectivity index (χ4v) is 2.47. The lowest BCUT2D eigenvalue weighted by molar-refractivity contribution is 0.267. The van der Waals surface area contributed by atoms with E-state index in [0.29, 0.717) is 0 Å². The van der Waals surface area contributed by atoms with E-state index in [2.05, 4.69) is 4.40 Å². The van der Waals surface area contributed by atoms with Crippen LogP contribution in [0.3, 0.4) is 0 Å². The van der Waals surface area contributed by atoms with E-state index >= 15 is 0 Å². The molecule has 1 aromatic carbocycles. The third-order valence-electron chi connectivity index (χ3n) is 1.69. The average Bonchev–Trinajstić information content (AvgIpc) is 2.47. The van der Waals surface area contributed by atoms with Crippen molar-refractivity contribution in [2.24, 2.45) is 10.1 Å². The molecule has 0 aromatic heterocycles. The number of amides is 1. The zero-order valence-electron chi connectivity index (χ0n) is 6.27. The number of carbonyl (C=O) groups excluding carboxylic acids is 1. The molecule has 0 bridgehead atoms. The lowest BCUT2D eigenvalue weighted by atomic mass is 10.2. The van der Waals surface area contributed by atoms with Gasteiger partial charge in [0.1, 0.15) is 0 Å². The molecule has 0 saturated heterocycles. The monoisotopic (exact) mass is 180 g/mol. The summed E-state index contributed by atoms with van der Waals surface area (Å²) in [4.78, 5) is 11.9. The number of hydrogen-bond donors (Lipinski definition) is 2. The van der Waals surface area contributed by atoms with Crippen LogP contribution in [0, 0.1) is 0 Å². The molecule has 0 radical (unpaired) electrons. The van der Waals surface area contributed by atoms with Crippen molar-refractivity contribution in [3.05, 3.63) is 29.8 Å². The van der Waals surface area contributed by atoms with Crippen LogP contribution >= 0.6 is 11.1 Å². The van der Waals surface area contributed by atoms with Crippen LogP contribution < -0.4 is 5.73 Å². The van der Waals surface area contributed by atoms with Crippen molar-refractivity contribution in [3.8, 4) is 0 Å². The number of nitrogens with two attached hydrogens (primary N) is 1. The highest BCUT2D eigenvalue weighted by Crippen LogP contribution is 2.42. The number of carbonyl (C=O) groups is 1. The molecule has 4 heteroatoms. The first-order valence-corrected chi connectivity index (χ1v) is 4.81. The van der Waals surface area contributed by atoms with Gasteiger partial charge >= 0.3 is 0 Å². The maximum atomic E-state index is 10.9. The van der Waals surface area contributed by atoms with Crippen LogP contribution in [-0.2, 0) is 0 Å². The molecule has 2 rings (SSSR count). The van der Waals surface area contributed by atoms with Crippen molar-refractivity contribution in [2.75, 3.05) is 0 Å². The zero-order valence-corrected chi connectivity index (χ0v) is 7.16. The van der Waals surface area contributed by atoms with Gasteiger partial charge in [0.05, 0.1) is 0 Å². The Kier molecular flexibility index (Phi) is 1.62. The van der Waals surface area contributed by atoms with Crippen molar-refractivity contribution in [3.63, 3.8) is 0 Å². The van der Waals surface area contributed by atoms with E-state index in [-0.39, 0.29) is 5.24 Å². The van der Waals surface area contributed by atoms with Gasteiger partial charge in [-0.25, -0.2) is 4.40 Å². The summed E-state index contributed by atoms with van der Waals surface area (Å²) in [5.74, 6) is 0. The predicted molar refractivity (Wildman–Crippen MR) is 50.9 cm³/mol. The van der Waals surface area contributed by atoms with Gasteiger partial charge in [-0.2, -0.15) is 0 Å². The summed E-state index contributed by atoms with van der Waals surface area (Å²) in [6.45, 7) is 0. The molecule has 1 amide bonds. The Morgan fingerprint density at radius 3 is 2.92 bits per heavy atom. The number of hydrogen-bond acceptors (Lipinski definition) is 2. The van der Waals surface area contributed by atoms with E-state index in [4.69, 9.17) is 5.73 Å². The number of nitrogens with zero attached hydrogens (tertiary/aromatic N) is 1. The minimum atomic E-state index is -1.11. The molecule has 12 heavy (non-hydrogen) atoms. The molecule has 1 aromatic rings. The Labute approximate surface area is 72.8 Å². The highest BCUT2D eigenvalue weighted by atomic mass is 32.2. The maximum absolute atomic E-state index is 10.9. The molecular formula is C8H8N2OS. The van der Waals surface area contributed by atoms with E-state index in [9.17, 15) is 4.79 Å². The molecule has 3 nitrogen and oxygen atoms in total. The lowest BCUT2D eigenvalue weighted by Gasteiger charge is -2.07. The van der Waals surface area contributed by atoms with Crippen LogP contribution in [0.5, 0.6) is 0 Å². The van der Waals surface area contributed by atoms with Crippen LogP contribution in [-0.4, -0.2) is 11.5 Å². The Morgan fingerprint density at radius 1 is 1.42 bits per heavy atom. The van der Waals surface area contributed by atoms with Crippen LogP contribution in [0.15, 0.2) is 33.6 Å². The summed E-state index contributed by atoms with van der Waals surface area (Å²) < 4.78 is 4.07. The molecule has 1 heterocycles. The van der Waals surface area contributed by atoms with Gasteiger partial charge in [0.25, 0.3) is 5.24 Å². The lowest BCUT2D eigenvalue weighted by Crippen LogP contribution is -2.06. The summed E-state index contributed by atoms with van der Waals surface area (Å²) >= 11 is -1.11. The molecule has 1 aliphatic heterocycles. The molecule has 1 aliphatic rings. The van der Waals surface area contributed by atoms with Crippen LogP contribution in [0.1, 0.15) is 5.56 Å². The van der Waals surface area contributed by atoms with Gasteiger partial charge in [-0.05, 0) is 17.1 Å². The molecule has 0 saturated carbocycles. The molecule has 62 valence electrons. The predicted octanol–water partition coefficient (Wildman–Crippen LogP) is 1.47. The van der Waals surface area contributed by atoms with Crippen molar-refractivity contribution in [2.45, 2.75) is 4.90 Å². The van der Waals surface area contributed by atoms with Crippen molar-refractivity contribution in [1.82, 2.24) is 0 Å². The van der Waals surface area contributed by atoms with Crippen molar-refractivity contribution < 1.29 is 4.79 Å². The summed E-state index contributed by atoms with van der Waals surface area (Å²) in [5.41, 5.74) is 6.20. The molecule has 1 atom stereocenters. The van der Waals surface area contributed by atoms with Crippen molar-refractivity contribution >= 4 is 22.5 Å². The summed E-state index contributed by atoms with van der Waals surface area (Å²) in [7, 11) is 0. The Bertz CT molecular complexity index is 362. The highest BCUT2D eigenvalue weighted by molar-refractivity contribution is 8.29. The highest BCUT2D eigenvalue weighted by Gasteiger charge is 2.18. The van der Waals surface area contributed by atoms with Gasteiger partial charge in [-0.15, -0.1) is 0 Å². The Morgan fingerprint density at radius 2 is 2.17 bits per heavy atom. The number of benzene rings is 1. The quantitative estimate of drug-likeness (QED) is 0.584. The van der Waals surface area contributed by atoms with Gasteiger partial charge in [0.15, 0.2) is 0 Å². The number of fused-ring (bicyclic) bond motifs is 1. The third kappa shape index (κ3) is 1.00. The number of primary amides is 1. The van der Waals surface area contributed by atoms with Crippen molar-refractivity contribution in [1.29, 1.82) is 0 Å². The first-order valence-electron chi connectivity index (χ1n) is 3.51. The first kappa shape index (κ1) is 7.36. The molecule has 1 unspecified atom stereocenters. The number of rotatable bonds is 0. The Hall–Kier alpha value is -1.29. The second kappa shape index (κ2) is 2.64. The molecule has 0 aliphatic carbocycles. The molecular weight excluding hydrogens is 172 g/mol. The molecule has 0 spiro atoms. The second-order valence-electron chi connectivity index (χ2n) is 2.45. The largest absolute Gasteiger partial charge is 0.360 e. The summed E-state index contributed by atoms with van der Waals surface area (Å²) in [5, 5.41) is -0.328. The van der Waals surface area contributed by atoms with Crippen LogP contribution in [0.2, 0.25) is 0 Å². The van der Waals surface area contributed by atoms with E-state index < -0.39 is 11.1 Å². The van der Waals surface area contributed by atoms with E-state index in [1.807, 2.05) is 24.3 Å². The normalized spacial score (nSPS) is 22.2. The zero-order chi connectivity index (χ0) is 8.55.